The zero-order valence-corrected chi connectivity index (χ0v) is 9.16. The Morgan fingerprint density at radius 3 is 3.06 bits per heavy atom. The summed E-state index contributed by atoms with van der Waals surface area (Å²) in [6.07, 6.45) is 2.07. The predicted octanol–water partition coefficient (Wildman–Crippen LogP) is 1.42. The third-order valence-corrected chi connectivity index (χ3v) is 2.51. The van der Waals surface area contributed by atoms with Crippen LogP contribution in [-0.4, -0.2) is 29.1 Å². The lowest BCUT2D eigenvalue weighted by Gasteiger charge is -2.02. The molecule has 0 aliphatic heterocycles. The minimum absolute atomic E-state index is 0.0410. The third-order valence-electron chi connectivity index (χ3n) is 2.51. The number of aromatic nitrogens is 1. The first-order valence-corrected chi connectivity index (χ1v) is 5.38. The molecule has 2 rings (SSSR count). The van der Waals surface area contributed by atoms with E-state index < -0.39 is 0 Å². The molecule has 0 saturated carbocycles. The predicted molar refractivity (Wildman–Crippen MR) is 62.3 cm³/mol. The van der Waals surface area contributed by atoms with Crippen LogP contribution in [-0.2, 0) is 0 Å². The van der Waals surface area contributed by atoms with Crippen molar-refractivity contribution in [3.63, 3.8) is 0 Å². The number of amides is 1. The largest absolute Gasteiger partial charge is 0.396 e. The number of fused-ring (bicyclic) bond motifs is 1. The van der Waals surface area contributed by atoms with Gasteiger partial charge < -0.3 is 15.4 Å². The Morgan fingerprint density at radius 2 is 2.29 bits per heavy atom. The standard InChI is InChI=1S/C12H13FN2O2/c13-8-2-3-9-10(7-15-11(9)6-8)12(17)14-4-1-5-16/h2-3,6-7,15-16H,1,4-5H2,(H,14,17). The molecule has 0 radical (unpaired) electrons. The molecule has 0 aliphatic carbocycles. The lowest BCUT2D eigenvalue weighted by atomic mass is 10.1. The quantitative estimate of drug-likeness (QED) is 0.703. The van der Waals surface area contributed by atoms with Crippen molar-refractivity contribution in [2.75, 3.05) is 13.2 Å². The molecular weight excluding hydrogens is 223 g/mol. The number of hydrogen-bond donors (Lipinski definition) is 3. The molecule has 0 spiro atoms. The highest BCUT2D eigenvalue weighted by atomic mass is 19.1. The first-order chi connectivity index (χ1) is 8.22. The number of rotatable bonds is 4. The number of carbonyl (C=O) groups excluding carboxylic acids is 1. The molecule has 4 nitrogen and oxygen atoms in total. The second kappa shape index (κ2) is 4.97. The van der Waals surface area contributed by atoms with Crippen molar-refractivity contribution in [1.29, 1.82) is 0 Å². The van der Waals surface area contributed by atoms with Crippen LogP contribution in [0.1, 0.15) is 16.8 Å². The van der Waals surface area contributed by atoms with Crippen LogP contribution in [0.3, 0.4) is 0 Å². The molecule has 0 fully saturated rings. The Labute approximate surface area is 97.5 Å². The molecule has 2 aromatic rings. The summed E-state index contributed by atoms with van der Waals surface area (Å²) in [6, 6.07) is 4.24. The zero-order valence-electron chi connectivity index (χ0n) is 9.16. The van der Waals surface area contributed by atoms with Gasteiger partial charge in [0.1, 0.15) is 5.82 Å². The van der Waals surface area contributed by atoms with Crippen molar-refractivity contribution in [2.45, 2.75) is 6.42 Å². The fourth-order valence-electron chi connectivity index (χ4n) is 1.66. The molecule has 1 aromatic heterocycles. The lowest BCUT2D eigenvalue weighted by Crippen LogP contribution is -2.24. The molecule has 1 heterocycles. The van der Waals surface area contributed by atoms with E-state index in [2.05, 4.69) is 10.3 Å². The van der Waals surface area contributed by atoms with Crippen LogP contribution in [0.4, 0.5) is 4.39 Å². The third kappa shape index (κ3) is 2.45. The maximum atomic E-state index is 12.9. The molecule has 1 amide bonds. The summed E-state index contributed by atoms with van der Waals surface area (Å²) in [5, 5.41) is 12.0. The second-order valence-corrected chi connectivity index (χ2v) is 3.73. The average Bonchev–Trinajstić information content (AvgIpc) is 2.72. The van der Waals surface area contributed by atoms with E-state index in [4.69, 9.17) is 5.11 Å². The fraction of sp³-hybridized carbons (Fsp3) is 0.250. The monoisotopic (exact) mass is 236 g/mol. The van der Waals surface area contributed by atoms with Crippen molar-refractivity contribution in [3.05, 3.63) is 35.8 Å². The number of carbonyl (C=O) groups is 1. The number of benzene rings is 1. The Kier molecular flexibility index (Phi) is 3.39. The van der Waals surface area contributed by atoms with Crippen LogP contribution in [0.5, 0.6) is 0 Å². The fourth-order valence-corrected chi connectivity index (χ4v) is 1.66. The summed E-state index contributed by atoms with van der Waals surface area (Å²) in [5.74, 6) is -0.567. The van der Waals surface area contributed by atoms with Gasteiger partial charge in [0.25, 0.3) is 5.91 Å². The number of aliphatic hydroxyl groups is 1. The van der Waals surface area contributed by atoms with Crippen LogP contribution in [0.2, 0.25) is 0 Å². The molecule has 5 heteroatoms. The van der Waals surface area contributed by atoms with Gasteiger partial charge in [-0.3, -0.25) is 4.79 Å². The maximum absolute atomic E-state index is 12.9. The summed E-state index contributed by atoms with van der Waals surface area (Å²) >= 11 is 0. The molecular formula is C12H13FN2O2. The molecule has 17 heavy (non-hydrogen) atoms. The van der Waals surface area contributed by atoms with Crippen molar-refractivity contribution < 1.29 is 14.3 Å². The smallest absolute Gasteiger partial charge is 0.253 e. The van der Waals surface area contributed by atoms with Gasteiger partial charge in [0.05, 0.1) is 5.56 Å². The van der Waals surface area contributed by atoms with Crippen LogP contribution >= 0.6 is 0 Å². The average molecular weight is 236 g/mol. The highest BCUT2D eigenvalue weighted by Gasteiger charge is 2.11. The van der Waals surface area contributed by atoms with Crippen molar-refractivity contribution in [2.24, 2.45) is 0 Å². The van der Waals surface area contributed by atoms with Gasteiger partial charge in [-0.15, -0.1) is 0 Å². The van der Waals surface area contributed by atoms with E-state index in [9.17, 15) is 9.18 Å². The lowest BCUT2D eigenvalue weighted by molar-refractivity contribution is 0.0953. The summed E-state index contributed by atoms with van der Waals surface area (Å²) in [5.41, 5.74) is 1.08. The number of nitrogens with one attached hydrogen (secondary N) is 2. The van der Waals surface area contributed by atoms with Crippen molar-refractivity contribution >= 4 is 16.8 Å². The molecule has 0 atom stereocenters. The number of aromatic amines is 1. The Bertz CT molecular complexity index is 536. The normalized spacial score (nSPS) is 10.7. The molecule has 0 bridgehead atoms. The molecule has 3 N–H and O–H groups in total. The van der Waals surface area contributed by atoms with E-state index in [1.807, 2.05) is 0 Å². The summed E-state index contributed by atoms with van der Waals surface area (Å²) in [7, 11) is 0. The zero-order chi connectivity index (χ0) is 12.3. The summed E-state index contributed by atoms with van der Waals surface area (Å²) < 4.78 is 12.9. The Balaban J connectivity index is 2.21. The first-order valence-electron chi connectivity index (χ1n) is 5.38. The SMILES string of the molecule is O=C(NCCCO)c1c[nH]c2cc(F)ccc12. The highest BCUT2D eigenvalue weighted by Crippen LogP contribution is 2.18. The van der Waals surface area contributed by atoms with E-state index >= 15 is 0 Å². The number of aliphatic hydroxyl groups excluding tert-OH is 1. The van der Waals surface area contributed by atoms with Crippen molar-refractivity contribution in [3.8, 4) is 0 Å². The molecule has 0 saturated heterocycles. The van der Waals surface area contributed by atoms with E-state index in [1.54, 1.807) is 12.3 Å². The minimum atomic E-state index is -0.341. The van der Waals surface area contributed by atoms with E-state index in [0.717, 1.165) is 0 Å². The first kappa shape index (κ1) is 11.6. The molecule has 90 valence electrons. The minimum Gasteiger partial charge on any atom is -0.396 e. The van der Waals surface area contributed by atoms with E-state index in [-0.39, 0.29) is 18.3 Å². The Morgan fingerprint density at radius 1 is 1.47 bits per heavy atom. The van der Waals surface area contributed by atoms with Crippen molar-refractivity contribution in [1.82, 2.24) is 10.3 Å². The Hall–Kier alpha value is -1.88. The van der Waals surface area contributed by atoms with Gasteiger partial charge in [0.15, 0.2) is 0 Å². The van der Waals surface area contributed by atoms with E-state index in [1.165, 1.54) is 12.1 Å². The van der Waals surface area contributed by atoms with Gasteiger partial charge in [-0.2, -0.15) is 0 Å². The van der Waals surface area contributed by atoms with Crippen LogP contribution in [0.25, 0.3) is 10.9 Å². The number of H-pyrrole nitrogens is 1. The number of hydrogen-bond acceptors (Lipinski definition) is 2. The van der Waals surface area contributed by atoms with Crippen LogP contribution in [0.15, 0.2) is 24.4 Å². The second-order valence-electron chi connectivity index (χ2n) is 3.73. The van der Waals surface area contributed by atoms with Crippen LogP contribution in [0, 0.1) is 5.82 Å². The van der Waals surface area contributed by atoms with Gasteiger partial charge >= 0.3 is 0 Å². The topological polar surface area (TPSA) is 65.1 Å². The van der Waals surface area contributed by atoms with Gasteiger partial charge in [-0.25, -0.2) is 4.39 Å². The summed E-state index contributed by atoms with van der Waals surface area (Å²) in [4.78, 5) is 14.6. The molecule has 0 aliphatic rings. The molecule has 1 aromatic carbocycles. The van der Waals surface area contributed by atoms with Gasteiger partial charge in [0.2, 0.25) is 0 Å². The van der Waals surface area contributed by atoms with Gasteiger partial charge in [-0.1, -0.05) is 0 Å². The summed E-state index contributed by atoms with van der Waals surface area (Å²) in [6.45, 7) is 0.461. The highest BCUT2D eigenvalue weighted by molar-refractivity contribution is 6.06. The van der Waals surface area contributed by atoms with Crippen LogP contribution < -0.4 is 5.32 Å². The number of halogens is 1. The van der Waals surface area contributed by atoms with Gasteiger partial charge in [0, 0.05) is 30.3 Å². The van der Waals surface area contributed by atoms with Gasteiger partial charge in [-0.05, 0) is 24.6 Å². The maximum Gasteiger partial charge on any atom is 0.253 e. The van der Waals surface area contributed by atoms with E-state index in [0.29, 0.717) is 29.4 Å². The molecule has 0 unspecified atom stereocenters.